The van der Waals surface area contributed by atoms with Gasteiger partial charge in [0, 0.05) is 17.9 Å². The van der Waals surface area contributed by atoms with Gasteiger partial charge in [-0.3, -0.25) is 4.79 Å². The first-order chi connectivity index (χ1) is 16.2. The summed E-state index contributed by atoms with van der Waals surface area (Å²) < 4.78 is 0. The molecule has 34 heavy (non-hydrogen) atoms. The number of hydrogen-bond acceptors (Lipinski definition) is 3. The smallest absolute Gasteiger partial charge is 0.220 e. The van der Waals surface area contributed by atoms with Crippen LogP contribution in [0.15, 0.2) is 12.2 Å². The van der Waals surface area contributed by atoms with Gasteiger partial charge in [0.1, 0.15) is 5.72 Å². The maximum absolute atomic E-state index is 12.3. The van der Waals surface area contributed by atoms with E-state index in [1.54, 1.807) is 6.92 Å². The molecule has 4 nitrogen and oxygen atoms in total. The van der Waals surface area contributed by atoms with Crippen molar-refractivity contribution < 1.29 is 9.90 Å². The van der Waals surface area contributed by atoms with Crippen molar-refractivity contribution in [3.05, 3.63) is 12.2 Å². The average Bonchev–Trinajstić information content (AvgIpc) is 2.78. The number of nitrogens with one attached hydrogen (secondary N) is 1. The highest BCUT2D eigenvalue weighted by molar-refractivity contribution is 5.76. The van der Waals surface area contributed by atoms with Gasteiger partial charge in [-0.1, -0.05) is 117 Å². The molecule has 0 heterocycles. The Bertz CT molecular complexity index is 508. The molecule has 0 saturated carbocycles. The van der Waals surface area contributed by atoms with E-state index in [0.717, 1.165) is 19.3 Å². The summed E-state index contributed by atoms with van der Waals surface area (Å²) in [5, 5.41) is 13.3. The molecule has 2 unspecified atom stereocenters. The zero-order valence-corrected chi connectivity index (χ0v) is 23.6. The van der Waals surface area contributed by atoms with Gasteiger partial charge in [0.15, 0.2) is 0 Å². The van der Waals surface area contributed by atoms with E-state index in [-0.39, 0.29) is 11.9 Å². The standard InChI is InChI=1S/C30H60N2O2/c1-6-8-9-10-11-12-13-14-15-16-17-18-19-20-21-22-23-24-25-26-28(33)32-27(7-2)29(3,4)30(5,31)34/h14-15,27,34H,6-13,16-26,31H2,1-5H3,(H,32,33)/b15-14-. The highest BCUT2D eigenvalue weighted by Gasteiger charge is 2.42. The van der Waals surface area contributed by atoms with Crippen molar-refractivity contribution in [1.82, 2.24) is 5.32 Å². The Labute approximate surface area is 212 Å². The number of aliphatic hydroxyl groups is 1. The zero-order chi connectivity index (χ0) is 25.7. The molecule has 0 aliphatic carbocycles. The molecule has 0 radical (unpaired) electrons. The van der Waals surface area contributed by atoms with E-state index in [9.17, 15) is 9.90 Å². The fraction of sp³-hybridized carbons (Fsp3) is 0.900. The quantitative estimate of drug-likeness (QED) is 0.0784. The molecule has 0 aliphatic heterocycles. The summed E-state index contributed by atoms with van der Waals surface area (Å²) in [5.41, 5.74) is 4.01. The molecule has 202 valence electrons. The Hall–Kier alpha value is -0.870. The fourth-order valence-corrected chi connectivity index (χ4v) is 4.48. The van der Waals surface area contributed by atoms with Crippen molar-refractivity contribution in [2.24, 2.45) is 11.1 Å². The second-order valence-electron chi connectivity index (χ2n) is 11.1. The molecule has 0 saturated heterocycles. The first-order valence-corrected chi connectivity index (χ1v) is 14.6. The number of carbonyl (C=O) groups is 1. The number of unbranched alkanes of at least 4 members (excludes halogenated alkanes) is 15. The van der Waals surface area contributed by atoms with Crippen molar-refractivity contribution in [3.8, 4) is 0 Å². The van der Waals surface area contributed by atoms with Crippen molar-refractivity contribution >= 4 is 5.91 Å². The maximum atomic E-state index is 12.3. The second kappa shape index (κ2) is 20.3. The van der Waals surface area contributed by atoms with Gasteiger partial charge in [0.25, 0.3) is 0 Å². The van der Waals surface area contributed by atoms with Crippen LogP contribution in [0.2, 0.25) is 0 Å². The summed E-state index contributed by atoms with van der Waals surface area (Å²) in [4.78, 5) is 12.3. The Morgan fingerprint density at radius 3 is 1.59 bits per heavy atom. The van der Waals surface area contributed by atoms with Crippen LogP contribution in [-0.4, -0.2) is 22.8 Å². The maximum Gasteiger partial charge on any atom is 0.220 e. The van der Waals surface area contributed by atoms with Gasteiger partial charge in [-0.15, -0.1) is 0 Å². The van der Waals surface area contributed by atoms with Gasteiger partial charge in [-0.05, 0) is 45.4 Å². The summed E-state index contributed by atoms with van der Waals surface area (Å²) in [5.74, 6) is 0.0743. The third kappa shape index (κ3) is 16.7. The van der Waals surface area contributed by atoms with Crippen molar-refractivity contribution in [2.45, 2.75) is 168 Å². The third-order valence-corrected chi connectivity index (χ3v) is 7.58. The van der Waals surface area contributed by atoms with Gasteiger partial charge in [0.2, 0.25) is 5.91 Å². The van der Waals surface area contributed by atoms with Gasteiger partial charge in [-0.2, -0.15) is 0 Å². The first-order valence-electron chi connectivity index (χ1n) is 14.6. The molecule has 4 heteroatoms. The number of hydrogen-bond donors (Lipinski definition) is 3. The normalized spacial score (nSPS) is 14.9. The molecule has 0 spiro atoms. The van der Waals surface area contributed by atoms with E-state index in [1.807, 2.05) is 20.8 Å². The largest absolute Gasteiger partial charge is 0.376 e. The molecule has 0 rings (SSSR count). The lowest BCUT2D eigenvalue weighted by Crippen LogP contribution is -2.60. The van der Waals surface area contributed by atoms with Crippen LogP contribution in [-0.2, 0) is 4.79 Å². The molecular formula is C30H60N2O2. The van der Waals surface area contributed by atoms with Crippen LogP contribution in [0, 0.1) is 5.41 Å². The summed E-state index contributed by atoms with van der Waals surface area (Å²) in [6, 6.07) is -0.129. The van der Waals surface area contributed by atoms with Crippen molar-refractivity contribution in [3.63, 3.8) is 0 Å². The molecule has 0 aliphatic rings. The molecule has 0 aromatic heterocycles. The van der Waals surface area contributed by atoms with Crippen LogP contribution in [0.4, 0.5) is 0 Å². The zero-order valence-electron chi connectivity index (χ0n) is 23.6. The van der Waals surface area contributed by atoms with Crippen LogP contribution in [0.3, 0.4) is 0 Å². The second-order valence-corrected chi connectivity index (χ2v) is 11.1. The van der Waals surface area contributed by atoms with E-state index < -0.39 is 11.1 Å². The van der Waals surface area contributed by atoms with E-state index >= 15 is 0 Å². The lowest BCUT2D eigenvalue weighted by Gasteiger charge is -2.43. The van der Waals surface area contributed by atoms with Crippen LogP contribution < -0.4 is 11.1 Å². The predicted octanol–water partition coefficient (Wildman–Crippen LogP) is 8.17. The number of allylic oxidation sites excluding steroid dienone is 2. The molecule has 2 atom stereocenters. The topological polar surface area (TPSA) is 75.4 Å². The highest BCUT2D eigenvalue weighted by Crippen LogP contribution is 2.32. The van der Waals surface area contributed by atoms with Crippen LogP contribution in [0.1, 0.15) is 157 Å². The monoisotopic (exact) mass is 480 g/mol. The molecule has 0 fully saturated rings. The van der Waals surface area contributed by atoms with Crippen LogP contribution >= 0.6 is 0 Å². The minimum absolute atomic E-state index is 0.0743. The predicted molar refractivity (Wildman–Crippen MR) is 149 cm³/mol. The molecule has 1 amide bonds. The van der Waals surface area contributed by atoms with Gasteiger partial charge in [-0.25, -0.2) is 0 Å². The van der Waals surface area contributed by atoms with Gasteiger partial charge < -0.3 is 16.2 Å². The van der Waals surface area contributed by atoms with Crippen molar-refractivity contribution in [2.75, 3.05) is 0 Å². The SMILES string of the molecule is CCCCCCCC/C=C\CCCCCCCCCCCC(=O)NC(CC)C(C)(C)C(C)(N)O. The molecule has 0 bridgehead atoms. The van der Waals surface area contributed by atoms with Gasteiger partial charge >= 0.3 is 0 Å². The minimum atomic E-state index is -1.33. The molecular weight excluding hydrogens is 420 g/mol. The van der Waals surface area contributed by atoms with Crippen LogP contribution in [0.5, 0.6) is 0 Å². The lowest BCUT2D eigenvalue weighted by atomic mass is 9.74. The van der Waals surface area contributed by atoms with Gasteiger partial charge in [0.05, 0.1) is 0 Å². The summed E-state index contributed by atoms with van der Waals surface area (Å²) >= 11 is 0. The van der Waals surface area contributed by atoms with Crippen molar-refractivity contribution in [1.29, 1.82) is 0 Å². The van der Waals surface area contributed by atoms with E-state index in [1.165, 1.54) is 96.3 Å². The number of nitrogens with two attached hydrogens (primary N) is 1. The first kappa shape index (κ1) is 33.1. The number of amides is 1. The number of carbonyl (C=O) groups excluding carboxylic acids is 1. The summed E-state index contributed by atoms with van der Waals surface area (Å²) in [6.45, 7) is 9.73. The van der Waals surface area contributed by atoms with E-state index in [0.29, 0.717) is 6.42 Å². The fourth-order valence-electron chi connectivity index (χ4n) is 4.48. The molecule has 0 aromatic rings. The molecule has 0 aromatic carbocycles. The number of rotatable bonds is 23. The Balaban J connectivity index is 3.55. The molecule has 4 N–H and O–H groups in total. The Morgan fingerprint density at radius 1 is 0.765 bits per heavy atom. The lowest BCUT2D eigenvalue weighted by molar-refractivity contribution is -0.125. The highest BCUT2D eigenvalue weighted by atomic mass is 16.3. The minimum Gasteiger partial charge on any atom is -0.376 e. The Kier molecular flexibility index (Phi) is 19.8. The van der Waals surface area contributed by atoms with Crippen LogP contribution in [0.25, 0.3) is 0 Å². The average molecular weight is 481 g/mol. The third-order valence-electron chi connectivity index (χ3n) is 7.58. The Morgan fingerprint density at radius 2 is 1.18 bits per heavy atom. The van der Waals surface area contributed by atoms with E-state index in [2.05, 4.69) is 24.4 Å². The van der Waals surface area contributed by atoms with E-state index in [4.69, 9.17) is 5.73 Å². The summed E-state index contributed by atoms with van der Waals surface area (Å²) in [6.07, 6.45) is 28.2. The summed E-state index contributed by atoms with van der Waals surface area (Å²) in [7, 11) is 0.